The Kier molecular flexibility index (Phi) is 18.7. The second kappa shape index (κ2) is 19.4. The third kappa shape index (κ3) is 9.88. The quantitative estimate of drug-likeness (QED) is 0.0491. The Morgan fingerprint density at radius 2 is 0.528 bits per heavy atom. The standard InChI is InChI=1S/C24H18F34N2O9PS2/c1-7(61)59(71(64,65)23(55,56)19(45,46)15(37,38)11(29,30)9(25,26)13(33,34)17(41,42)21(49,50)51)3-5-68-70(63)69-6-4-60(8(2)62)72(66,67)24(57,58)20(47,48)16(39,40)12(31,32)10(27,28)14(35,36)18(43,44)22(52,53)54/h7-8,61-62H,3-6H2,1-2H3/q+1. The summed E-state index contributed by atoms with van der Waals surface area (Å²) in [6, 6.07) is 0. The van der Waals surface area contributed by atoms with Gasteiger partial charge < -0.3 is 10.2 Å². The van der Waals surface area contributed by atoms with Gasteiger partial charge in [0.2, 0.25) is 0 Å². The van der Waals surface area contributed by atoms with Crippen LogP contribution in [-0.4, -0.2) is 168 Å². The minimum Gasteiger partial charge on any atom is -0.378 e. The van der Waals surface area contributed by atoms with Gasteiger partial charge >= 0.3 is 102 Å². The molecule has 0 heterocycles. The molecule has 2 atom stereocenters. The number of halogens is 34. The molecule has 0 aromatic rings. The van der Waals surface area contributed by atoms with Crippen LogP contribution in [0.2, 0.25) is 0 Å². The van der Waals surface area contributed by atoms with E-state index in [1.165, 1.54) is 0 Å². The highest BCUT2D eigenvalue weighted by Gasteiger charge is 2.98. The zero-order valence-electron chi connectivity index (χ0n) is 32.7. The Labute approximate surface area is 373 Å². The van der Waals surface area contributed by atoms with E-state index in [1.54, 1.807) is 0 Å². The number of rotatable bonds is 26. The summed E-state index contributed by atoms with van der Waals surface area (Å²) >= 11 is 0. The lowest BCUT2D eigenvalue weighted by molar-refractivity contribution is -0.458. The number of hydrogen-bond acceptors (Lipinski definition) is 9. The van der Waals surface area contributed by atoms with Crippen LogP contribution in [0.1, 0.15) is 13.8 Å². The largest absolute Gasteiger partial charge is 0.697 e. The van der Waals surface area contributed by atoms with Crippen LogP contribution in [0.3, 0.4) is 0 Å². The topological polar surface area (TPSA) is 151 Å². The monoisotopic (exact) mass is 1220 g/mol. The fraction of sp³-hybridized carbons (Fsp3) is 1.00. The summed E-state index contributed by atoms with van der Waals surface area (Å²) in [5.74, 6) is -109. The molecule has 2 unspecified atom stereocenters. The Morgan fingerprint density at radius 3 is 0.694 bits per heavy atom. The lowest BCUT2D eigenvalue weighted by Crippen LogP contribution is -2.75. The van der Waals surface area contributed by atoms with Crippen molar-refractivity contribution in [2.75, 3.05) is 26.3 Å². The Hall–Kier alpha value is -2.62. The predicted molar refractivity (Wildman–Crippen MR) is 155 cm³/mol. The molecule has 0 aliphatic rings. The Bertz CT molecular complexity index is 2010. The Balaban J connectivity index is 6.70. The molecule has 0 aromatic carbocycles. The van der Waals surface area contributed by atoms with Crippen LogP contribution < -0.4 is 0 Å². The molecular formula is C24H18F34N2O9PS2+. The molecular weight excluding hydrogens is 1200 g/mol. The molecule has 0 saturated carbocycles. The van der Waals surface area contributed by atoms with Gasteiger partial charge in [-0.25, -0.2) is 16.8 Å². The summed E-state index contributed by atoms with van der Waals surface area (Å²) in [5, 5.41) is 2.19. The number of hydrogen-bond donors (Lipinski definition) is 2. The van der Waals surface area contributed by atoms with Gasteiger partial charge in [0.05, 0.1) is 0 Å². The number of nitrogens with zero attached hydrogens (tertiary/aromatic N) is 2. The minimum atomic E-state index is -9.32. The maximum atomic E-state index is 14.6. The van der Waals surface area contributed by atoms with Gasteiger partial charge in [0.15, 0.2) is 0 Å². The van der Waals surface area contributed by atoms with E-state index in [2.05, 4.69) is 9.05 Å². The van der Waals surface area contributed by atoms with Gasteiger partial charge in [-0.3, -0.25) is 0 Å². The lowest BCUT2D eigenvalue weighted by atomic mass is 9.91. The fourth-order valence-corrected chi connectivity index (χ4v) is 7.84. The smallest absolute Gasteiger partial charge is 0.378 e. The molecule has 48 heteroatoms. The molecule has 0 fully saturated rings. The van der Waals surface area contributed by atoms with Crippen LogP contribution in [0.15, 0.2) is 0 Å². The van der Waals surface area contributed by atoms with Gasteiger partial charge in [-0.2, -0.15) is 158 Å². The molecule has 0 aliphatic carbocycles. The second-order valence-electron chi connectivity index (χ2n) is 13.3. The third-order valence-electron chi connectivity index (χ3n) is 8.50. The molecule has 11 nitrogen and oxygen atoms in total. The van der Waals surface area contributed by atoms with Crippen LogP contribution in [0, 0.1) is 0 Å². The molecule has 0 bridgehead atoms. The van der Waals surface area contributed by atoms with Crippen molar-refractivity contribution < 1.29 is 190 Å². The summed E-state index contributed by atoms with van der Waals surface area (Å²) in [5.41, 5.74) is 0. The molecule has 0 spiro atoms. The molecule has 0 rings (SSSR count). The molecule has 72 heavy (non-hydrogen) atoms. The molecule has 2 N–H and O–H groups in total. The minimum absolute atomic E-state index is 0.280. The summed E-state index contributed by atoms with van der Waals surface area (Å²) in [6.07, 6.45) is -23.5. The third-order valence-corrected chi connectivity index (χ3v) is 13.3. The summed E-state index contributed by atoms with van der Waals surface area (Å²) in [7, 11) is -21.2. The molecule has 0 saturated heterocycles. The number of sulfonamides is 2. The summed E-state index contributed by atoms with van der Waals surface area (Å²) in [6.45, 7) is -10.3. The van der Waals surface area contributed by atoms with Crippen molar-refractivity contribution in [3.8, 4) is 0 Å². The SMILES string of the molecule is CC(O)N(CCO[P+](=O)OCCN(C(C)O)S(=O)(=O)C(F)(F)C(F)(F)C(F)(F)C(F)(F)C(F)(F)C(F)(F)C(F)(F)C(F)(F)F)S(=O)(=O)C(F)(F)C(F)(F)C(F)(F)C(F)(F)C(F)(F)C(F)(F)C(F)(F)C(F)(F)F. The van der Waals surface area contributed by atoms with E-state index in [-0.39, 0.29) is 13.8 Å². The number of aliphatic hydroxyl groups is 2. The molecule has 0 amide bonds. The van der Waals surface area contributed by atoms with E-state index < -0.39 is 170 Å². The molecule has 0 aliphatic heterocycles. The van der Waals surface area contributed by atoms with Crippen molar-refractivity contribution in [2.24, 2.45) is 0 Å². The molecule has 432 valence electrons. The van der Waals surface area contributed by atoms with E-state index >= 15 is 0 Å². The van der Waals surface area contributed by atoms with Gasteiger partial charge in [-0.05, 0) is 13.8 Å². The van der Waals surface area contributed by atoms with Crippen molar-refractivity contribution in [2.45, 2.75) is 120 Å². The van der Waals surface area contributed by atoms with Crippen molar-refractivity contribution in [1.82, 2.24) is 8.61 Å². The second-order valence-corrected chi connectivity index (χ2v) is 18.1. The van der Waals surface area contributed by atoms with Crippen LogP contribution in [-0.2, 0) is 33.7 Å². The van der Waals surface area contributed by atoms with Gasteiger partial charge in [0.1, 0.15) is 25.7 Å². The van der Waals surface area contributed by atoms with Crippen LogP contribution >= 0.6 is 8.25 Å². The average molecular weight is 1220 g/mol. The fourth-order valence-electron chi connectivity index (χ4n) is 4.38. The van der Waals surface area contributed by atoms with Gasteiger partial charge in [0, 0.05) is 17.7 Å². The van der Waals surface area contributed by atoms with Crippen LogP contribution in [0.25, 0.3) is 0 Å². The Morgan fingerprint density at radius 1 is 0.361 bits per heavy atom. The van der Waals surface area contributed by atoms with E-state index in [4.69, 9.17) is 0 Å². The highest BCUT2D eigenvalue weighted by molar-refractivity contribution is 7.90. The lowest BCUT2D eigenvalue weighted by Gasteiger charge is -2.43. The van der Waals surface area contributed by atoms with Gasteiger partial charge in [-0.15, -0.1) is 9.05 Å². The highest BCUT2D eigenvalue weighted by Crippen LogP contribution is 2.67. The average Bonchev–Trinajstić information content (AvgIpc) is 3.15. The molecule has 0 radical (unpaired) electrons. The van der Waals surface area contributed by atoms with Crippen LogP contribution in [0.5, 0.6) is 0 Å². The predicted octanol–water partition coefficient (Wildman–Crippen LogP) is 9.55. The zero-order valence-corrected chi connectivity index (χ0v) is 35.3. The van der Waals surface area contributed by atoms with E-state index in [0.29, 0.717) is 0 Å². The first-order chi connectivity index (χ1) is 30.8. The van der Waals surface area contributed by atoms with Crippen molar-refractivity contribution in [1.29, 1.82) is 0 Å². The maximum Gasteiger partial charge on any atom is 0.697 e. The summed E-state index contributed by atoms with van der Waals surface area (Å²) < 4.78 is 527. The van der Waals surface area contributed by atoms with E-state index in [9.17, 15) is 181 Å². The van der Waals surface area contributed by atoms with Crippen LogP contribution in [0.4, 0.5) is 149 Å². The number of aliphatic hydroxyl groups excluding tert-OH is 2. The van der Waals surface area contributed by atoms with Gasteiger partial charge in [-0.1, -0.05) is 0 Å². The first-order valence-corrected chi connectivity index (χ1v) is 20.3. The maximum absolute atomic E-state index is 14.6. The zero-order chi connectivity index (χ0) is 59.1. The number of alkyl halides is 34. The normalized spacial score (nSPS) is 17.5. The first-order valence-electron chi connectivity index (χ1n) is 16.3. The van der Waals surface area contributed by atoms with Crippen molar-refractivity contribution in [3.05, 3.63) is 0 Å². The van der Waals surface area contributed by atoms with Crippen molar-refractivity contribution in [3.63, 3.8) is 0 Å². The van der Waals surface area contributed by atoms with E-state index in [0.717, 1.165) is 0 Å². The molecule has 0 aromatic heterocycles. The van der Waals surface area contributed by atoms with E-state index in [1.807, 2.05) is 0 Å². The van der Waals surface area contributed by atoms with Crippen molar-refractivity contribution >= 4 is 28.3 Å². The summed E-state index contributed by atoms with van der Waals surface area (Å²) in [4.78, 5) is 0. The highest BCUT2D eigenvalue weighted by atomic mass is 32.2. The first kappa shape index (κ1) is 69.4. The van der Waals surface area contributed by atoms with Gasteiger partial charge in [0.25, 0.3) is 20.0 Å².